The summed E-state index contributed by atoms with van der Waals surface area (Å²) in [6.45, 7) is 2.88. The summed E-state index contributed by atoms with van der Waals surface area (Å²) in [4.78, 5) is 0.281. The molecule has 0 aliphatic carbocycles. The smallest absolute Gasteiger partial charge is 0.240 e. The van der Waals surface area contributed by atoms with Crippen LogP contribution in [0.5, 0.6) is 0 Å². The number of sulfonamides is 1. The standard InChI is InChI=1S/C18H19N3O2S/c1-15-3-9-18(10-4-15)24(22,23)20-13-16-5-7-17(8-6-16)14-21-12-2-11-19-21/h2-12,20H,13-14H2,1H3. The topological polar surface area (TPSA) is 64.0 Å². The molecule has 0 fully saturated rings. The lowest BCUT2D eigenvalue weighted by Gasteiger charge is -2.08. The first-order valence-electron chi connectivity index (χ1n) is 7.64. The number of benzene rings is 2. The van der Waals surface area contributed by atoms with Crippen LogP contribution in [0.25, 0.3) is 0 Å². The lowest BCUT2D eigenvalue weighted by Crippen LogP contribution is -2.23. The molecule has 1 aromatic heterocycles. The van der Waals surface area contributed by atoms with Gasteiger partial charge in [-0.15, -0.1) is 0 Å². The molecule has 1 heterocycles. The molecule has 124 valence electrons. The summed E-state index contributed by atoms with van der Waals surface area (Å²) < 4.78 is 29.0. The van der Waals surface area contributed by atoms with Crippen LogP contribution < -0.4 is 4.72 Å². The first-order chi connectivity index (χ1) is 11.5. The largest absolute Gasteiger partial charge is 0.268 e. The van der Waals surface area contributed by atoms with Gasteiger partial charge in [0, 0.05) is 18.9 Å². The molecule has 0 aliphatic heterocycles. The first-order valence-corrected chi connectivity index (χ1v) is 9.13. The van der Waals surface area contributed by atoms with Gasteiger partial charge < -0.3 is 0 Å². The summed E-state index contributed by atoms with van der Waals surface area (Å²) in [6, 6.07) is 16.5. The molecule has 6 heteroatoms. The molecule has 2 aromatic carbocycles. The lowest BCUT2D eigenvalue weighted by atomic mass is 10.1. The van der Waals surface area contributed by atoms with Crippen molar-refractivity contribution >= 4 is 10.0 Å². The minimum absolute atomic E-state index is 0.262. The molecule has 3 rings (SSSR count). The van der Waals surface area contributed by atoms with E-state index in [1.807, 2.05) is 48.1 Å². The SMILES string of the molecule is Cc1ccc(S(=O)(=O)NCc2ccc(Cn3cccn3)cc2)cc1. The van der Waals surface area contributed by atoms with Gasteiger partial charge in [-0.25, -0.2) is 13.1 Å². The van der Waals surface area contributed by atoms with E-state index in [-0.39, 0.29) is 11.4 Å². The highest BCUT2D eigenvalue weighted by molar-refractivity contribution is 7.89. The van der Waals surface area contributed by atoms with E-state index in [1.54, 1.807) is 30.5 Å². The lowest BCUT2D eigenvalue weighted by molar-refractivity contribution is 0.581. The van der Waals surface area contributed by atoms with Gasteiger partial charge in [0.05, 0.1) is 11.4 Å². The minimum atomic E-state index is -3.49. The first kappa shape index (κ1) is 16.4. The van der Waals surface area contributed by atoms with E-state index < -0.39 is 10.0 Å². The van der Waals surface area contributed by atoms with Crippen molar-refractivity contribution in [2.45, 2.75) is 24.9 Å². The summed E-state index contributed by atoms with van der Waals surface area (Å²) >= 11 is 0. The summed E-state index contributed by atoms with van der Waals surface area (Å²) in [7, 11) is -3.49. The van der Waals surface area contributed by atoms with Gasteiger partial charge >= 0.3 is 0 Å². The number of aromatic nitrogens is 2. The molecule has 1 N–H and O–H groups in total. The Morgan fingerprint density at radius 1 is 1.00 bits per heavy atom. The van der Waals surface area contributed by atoms with Crippen molar-refractivity contribution in [3.05, 3.63) is 83.7 Å². The summed E-state index contributed by atoms with van der Waals surface area (Å²) in [5, 5.41) is 4.17. The van der Waals surface area contributed by atoms with E-state index >= 15 is 0 Å². The normalized spacial score (nSPS) is 11.5. The Hall–Kier alpha value is -2.44. The molecule has 0 radical (unpaired) electrons. The molecular weight excluding hydrogens is 322 g/mol. The zero-order valence-corrected chi connectivity index (χ0v) is 14.2. The highest BCUT2D eigenvalue weighted by Gasteiger charge is 2.13. The van der Waals surface area contributed by atoms with Crippen molar-refractivity contribution in [2.75, 3.05) is 0 Å². The number of aryl methyl sites for hydroxylation is 1. The second-order valence-corrected chi connectivity index (χ2v) is 7.42. The van der Waals surface area contributed by atoms with Crippen molar-refractivity contribution in [1.82, 2.24) is 14.5 Å². The Morgan fingerprint density at radius 2 is 1.67 bits per heavy atom. The van der Waals surface area contributed by atoms with Gasteiger partial charge in [0.2, 0.25) is 10.0 Å². The maximum Gasteiger partial charge on any atom is 0.240 e. The predicted molar refractivity (Wildman–Crippen MR) is 93.0 cm³/mol. The predicted octanol–water partition coefficient (Wildman–Crippen LogP) is 2.72. The number of nitrogens with one attached hydrogen (secondary N) is 1. The van der Waals surface area contributed by atoms with E-state index in [0.29, 0.717) is 6.54 Å². The zero-order chi connectivity index (χ0) is 17.0. The van der Waals surface area contributed by atoms with Crippen LogP contribution >= 0.6 is 0 Å². The van der Waals surface area contributed by atoms with Crippen molar-refractivity contribution < 1.29 is 8.42 Å². The summed E-state index contributed by atoms with van der Waals surface area (Å²) in [5.74, 6) is 0. The summed E-state index contributed by atoms with van der Waals surface area (Å²) in [5.41, 5.74) is 3.06. The number of hydrogen-bond donors (Lipinski definition) is 1. The molecule has 24 heavy (non-hydrogen) atoms. The second-order valence-electron chi connectivity index (χ2n) is 5.66. The molecule has 0 saturated carbocycles. The number of hydrogen-bond acceptors (Lipinski definition) is 3. The molecule has 0 amide bonds. The Bertz CT molecular complexity index is 884. The van der Waals surface area contributed by atoms with Crippen molar-refractivity contribution in [3.63, 3.8) is 0 Å². The van der Waals surface area contributed by atoms with E-state index in [2.05, 4.69) is 9.82 Å². The molecular formula is C18H19N3O2S. The third kappa shape index (κ3) is 4.10. The van der Waals surface area contributed by atoms with Gasteiger partial charge in [-0.05, 0) is 36.2 Å². The Balaban J connectivity index is 1.62. The molecule has 5 nitrogen and oxygen atoms in total. The molecule has 0 bridgehead atoms. The third-order valence-corrected chi connectivity index (χ3v) is 5.14. The fraction of sp³-hybridized carbons (Fsp3) is 0.167. The van der Waals surface area contributed by atoms with Gasteiger partial charge in [0.1, 0.15) is 0 Å². The van der Waals surface area contributed by atoms with Gasteiger partial charge in [-0.3, -0.25) is 4.68 Å². The third-order valence-electron chi connectivity index (χ3n) is 3.72. The molecule has 0 spiro atoms. The minimum Gasteiger partial charge on any atom is -0.268 e. The van der Waals surface area contributed by atoms with Crippen molar-refractivity contribution in [1.29, 1.82) is 0 Å². The van der Waals surface area contributed by atoms with E-state index in [9.17, 15) is 8.42 Å². The monoisotopic (exact) mass is 341 g/mol. The Morgan fingerprint density at radius 3 is 2.29 bits per heavy atom. The summed E-state index contributed by atoms with van der Waals surface area (Å²) in [6.07, 6.45) is 3.65. The van der Waals surface area contributed by atoms with E-state index in [1.165, 1.54) is 0 Å². The molecule has 3 aromatic rings. The van der Waals surface area contributed by atoms with Gasteiger partial charge in [-0.2, -0.15) is 5.10 Å². The van der Waals surface area contributed by atoms with Crippen molar-refractivity contribution in [2.24, 2.45) is 0 Å². The van der Waals surface area contributed by atoms with Gasteiger partial charge in [0.15, 0.2) is 0 Å². The maximum absolute atomic E-state index is 12.3. The zero-order valence-electron chi connectivity index (χ0n) is 13.4. The fourth-order valence-electron chi connectivity index (χ4n) is 2.32. The van der Waals surface area contributed by atoms with E-state index in [0.717, 1.165) is 16.7 Å². The molecule has 0 unspecified atom stereocenters. The van der Waals surface area contributed by atoms with Crippen LogP contribution in [0.3, 0.4) is 0 Å². The van der Waals surface area contributed by atoms with Crippen LogP contribution in [0.4, 0.5) is 0 Å². The van der Waals surface area contributed by atoms with Crippen LogP contribution in [0.1, 0.15) is 16.7 Å². The Labute approximate surface area is 142 Å². The fourth-order valence-corrected chi connectivity index (χ4v) is 3.34. The van der Waals surface area contributed by atoms with Crippen LogP contribution in [-0.2, 0) is 23.1 Å². The highest BCUT2D eigenvalue weighted by atomic mass is 32.2. The van der Waals surface area contributed by atoms with Crippen LogP contribution in [-0.4, -0.2) is 18.2 Å². The van der Waals surface area contributed by atoms with Gasteiger partial charge in [-0.1, -0.05) is 42.0 Å². The molecule has 0 saturated heterocycles. The number of rotatable bonds is 6. The molecule has 0 atom stereocenters. The van der Waals surface area contributed by atoms with Crippen LogP contribution in [0.2, 0.25) is 0 Å². The van der Waals surface area contributed by atoms with Gasteiger partial charge in [0.25, 0.3) is 0 Å². The second kappa shape index (κ2) is 6.98. The quantitative estimate of drug-likeness (QED) is 0.750. The highest BCUT2D eigenvalue weighted by Crippen LogP contribution is 2.11. The maximum atomic E-state index is 12.3. The van der Waals surface area contributed by atoms with Crippen LogP contribution in [0, 0.1) is 6.92 Å². The van der Waals surface area contributed by atoms with E-state index in [4.69, 9.17) is 0 Å². The average molecular weight is 341 g/mol. The van der Waals surface area contributed by atoms with Crippen molar-refractivity contribution in [3.8, 4) is 0 Å². The number of nitrogens with zero attached hydrogens (tertiary/aromatic N) is 2. The Kier molecular flexibility index (Phi) is 4.78. The van der Waals surface area contributed by atoms with Crippen LogP contribution in [0.15, 0.2) is 71.9 Å². The molecule has 0 aliphatic rings. The average Bonchev–Trinajstić information content (AvgIpc) is 3.08.